The minimum atomic E-state index is -0.247. The lowest BCUT2D eigenvalue weighted by Crippen LogP contribution is -2.53. The van der Waals surface area contributed by atoms with Gasteiger partial charge in [0, 0.05) is 45.3 Å². The highest BCUT2D eigenvalue weighted by molar-refractivity contribution is 5.91. The number of piperazine rings is 1. The smallest absolute Gasteiger partial charge is 0.289 e. The van der Waals surface area contributed by atoms with Crippen molar-refractivity contribution >= 4 is 17.5 Å². The second-order valence-electron chi connectivity index (χ2n) is 7.18. The minimum Gasteiger partial charge on any atom is -0.459 e. The second-order valence-corrected chi connectivity index (χ2v) is 7.18. The number of piperidine rings is 1. The van der Waals surface area contributed by atoms with E-state index >= 15 is 0 Å². The summed E-state index contributed by atoms with van der Waals surface area (Å²) < 4.78 is 5.17. The summed E-state index contributed by atoms with van der Waals surface area (Å²) >= 11 is 0. The minimum absolute atomic E-state index is 0.111. The average molecular weight is 385 g/mol. The maximum absolute atomic E-state index is 13.0. The molecule has 4 rings (SSSR count). The molecule has 0 radical (unpaired) electrons. The number of amides is 2. The number of aromatic nitrogens is 2. The van der Waals surface area contributed by atoms with Gasteiger partial charge in [0.05, 0.1) is 24.1 Å². The molecule has 9 nitrogen and oxygen atoms in total. The highest BCUT2D eigenvalue weighted by Crippen LogP contribution is 2.23. The van der Waals surface area contributed by atoms with Crippen molar-refractivity contribution in [3.8, 4) is 0 Å². The molecule has 28 heavy (non-hydrogen) atoms. The summed E-state index contributed by atoms with van der Waals surface area (Å²) in [6.45, 7) is 3.43. The van der Waals surface area contributed by atoms with Crippen molar-refractivity contribution in [2.45, 2.75) is 12.8 Å². The molecule has 2 fully saturated rings. The normalized spacial score (nSPS) is 20.3. The lowest BCUT2D eigenvalue weighted by Gasteiger charge is -2.39. The van der Waals surface area contributed by atoms with Crippen LogP contribution in [0.15, 0.2) is 39.9 Å². The van der Waals surface area contributed by atoms with Gasteiger partial charge in [0.1, 0.15) is 0 Å². The summed E-state index contributed by atoms with van der Waals surface area (Å²) in [6.07, 6.45) is 4.82. The Morgan fingerprint density at radius 1 is 1.14 bits per heavy atom. The Kier molecular flexibility index (Phi) is 5.14. The van der Waals surface area contributed by atoms with Crippen LogP contribution in [-0.2, 0) is 4.79 Å². The monoisotopic (exact) mass is 385 g/mol. The average Bonchev–Trinajstić information content (AvgIpc) is 3.28. The SMILES string of the molecule is O=C(c1ccco1)N1CCN(C(=O)C2CCCN(c3cn[nH]c(=O)c3)C2)CC1. The number of nitrogens with zero attached hydrogens (tertiary/aromatic N) is 4. The summed E-state index contributed by atoms with van der Waals surface area (Å²) in [5.74, 6) is 0.199. The maximum Gasteiger partial charge on any atom is 0.289 e. The Balaban J connectivity index is 1.34. The van der Waals surface area contributed by atoms with E-state index in [0.717, 1.165) is 25.1 Å². The highest BCUT2D eigenvalue weighted by Gasteiger charge is 2.32. The molecule has 2 aliphatic rings. The number of aromatic amines is 1. The molecule has 1 atom stereocenters. The van der Waals surface area contributed by atoms with E-state index in [4.69, 9.17) is 4.42 Å². The van der Waals surface area contributed by atoms with Crippen molar-refractivity contribution in [1.29, 1.82) is 0 Å². The molecular weight excluding hydrogens is 362 g/mol. The third-order valence-electron chi connectivity index (χ3n) is 5.40. The van der Waals surface area contributed by atoms with E-state index in [1.54, 1.807) is 23.2 Å². The molecule has 4 heterocycles. The van der Waals surface area contributed by atoms with Crippen LogP contribution in [0.25, 0.3) is 0 Å². The maximum atomic E-state index is 13.0. The van der Waals surface area contributed by atoms with E-state index in [1.807, 2.05) is 9.80 Å². The zero-order valence-electron chi connectivity index (χ0n) is 15.5. The number of nitrogens with one attached hydrogen (secondary N) is 1. The van der Waals surface area contributed by atoms with E-state index in [0.29, 0.717) is 38.5 Å². The summed E-state index contributed by atoms with van der Waals surface area (Å²) in [7, 11) is 0. The number of rotatable bonds is 3. The van der Waals surface area contributed by atoms with Crippen molar-refractivity contribution in [3.63, 3.8) is 0 Å². The van der Waals surface area contributed by atoms with Gasteiger partial charge in [0.2, 0.25) is 5.91 Å². The fourth-order valence-electron chi connectivity index (χ4n) is 3.90. The molecule has 0 saturated carbocycles. The number of H-pyrrole nitrogens is 1. The van der Waals surface area contributed by atoms with Gasteiger partial charge in [-0.05, 0) is 25.0 Å². The largest absolute Gasteiger partial charge is 0.459 e. The van der Waals surface area contributed by atoms with Crippen LogP contribution in [0.4, 0.5) is 5.69 Å². The zero-order valence-corrected chi connectivity index (χ0v) is 15.5. The Morgan fingerprint density at radius 3 is 2.64 bits per heavy atom. The standard InChI is InChI=1S/C19H23N5O4/c25-17-11-15(12-20-21-17)24-5-1-3-14(13-24)18(26)22-6-8-23(9-7-22)19(27)16-4-2-10-28-16/h2,4,10-12,14H,1,3,5-9,13H2,(H,21,25). The summed E-state index contributed by atoms with van der Waals surface area (Å²) in [5.41, 5.74) is 0.499. The van der Waals surface area contributed by atoms with Gasteiger partial charge in [0.15, 0.2) is 5.76 Å². The van der Waals surface area contributed by atoms with Crippen LogP contribution in [0.3, 0.4) is 0 Å². The molecule has 148 valence electrons. The van der Waals surface area contributed by atoms with Crippen LogP contribution in [0.5, 0.6) is 0 Å². The van der Waals surface area contributed by atoms with Crippen LogP contribution in [0, 0.1) is 5.92 Å². The van der Waals surface area contributed by atoms with Gasteiger partial charge in [-0.1, -0.05) is 0 Å². The highest BCUT2D eigenvalue weighted by atomic mass is 16.3. The number of anilines is 1. The molecule has 1 unspecified atom stereocenters. The number of hydrogen-bond donors (Lipinski definition) is 1. The zero-order chi connectivity index (χ0) is 19.5. The molecule has 2 aromatic heterocycles. The third-order valence-corrected chi connectivity index (χ3v) is 5.40. The van der Waals surface area contributed by atoms with E-state index in [2.05, 4.69) is 10.2 Å². The van der Waals surface area contributed by atoms with E-state index < -0.39 is 0 Å². The molecule has 2 saturated heterocycles. The Bertz CT molecular complexity index is 886. The van der Waals surface area contributed by atoms with Crippen molar-refractivity contribution in [2.75, 3.05) is 44.2 Å². The van der Waals surface area contributed by atoms with Gasteiger partial charge in [0.25, 0.3) is 11.5 Å². The van der Waals surface area contributed by atoms with Crippen molar-refractivity contribution in [2.24, 2.45) is 5.92 Å². The number of hydrogen-bond acceptors (Lipinski definition) is 6. The van der Waals surface area contributed by atoms with Gasteiger partial charge < -0.3 is 19.1 Å². The van der Waals surface area contributed by atoms with Crippen LogP contribution in [0.2, 0.25) is 0 Å². The Hall–Kier alpha value is -3.10. The number of carbonyl (C=O) groups excluding carboxylic acids is 2. The number of furan rings is 1. The molecule has 2 aliphatic heterocycles. The molecule has 0 aromatic carbocycles. The quantitative estimate of drug-likeness (QED) is 0.828. The van der Waals surface area contributed by atoms with E-state index in [-0.39, 0.29) is 23.3 Å². The first-order valence-electron chi connectivity index (χ1n) is 9.53. The lowest BCUT2D eigenvalue weighted by atomic mass is 9.96. The predicted molar refractivity (Wildman–Crippen MR) is 101 cm³/mol. The van der Waals surface area contributed by atoms with Crippen LogP contribution in [-0.4, -0.2) is 71.1 Å². The first kappa shape index (κ1) is 18.3. The molecule has 9 heteroatoms. The molecule has 1 N–H and O–H groups in total. The fraction of sp³-hybridized carbons (Fsp3) is 0.474. The van der Waals surface area contributed by atoms with Crippen LogP contribution in [0.1, 0.15) is 23.4 Å². The van der Waals surface area contributed by atoms with Gasteiger partial charge in [-0.2, -0.15) is 5.10 Å². The molecular formula is C19H23N5O4. The van der Waals surface area contributed by atoms with Crippen molar-refractivity contribution in [3.05, 3.63) is 46.8 Å². The van der Waals surface area contributed by atoms with E-state index in [1.165, 1.54) is 12.3 Å². The molecule has 0 spiro atoms. The first-order chi connectivity index (χ1) is 13.6. The molecule has 2 amide bonds. The van der Waals surface area contributed by atoms with Crippen molar-refractivity contribution in [1.82, 2.24) is 20.0 Å². The van der Waals surface area contributed by atoms with Crippen LogP contribution >= 0.6 is 0 Å². The van der Waals surface area contributed by atoms with E-state index in [9.17, 15) is 14.4 Å². The van der Waals surface area contributed by atoms with Gasteiger partial charge in [-0.15, -0.1) is 0 Å². The summed E-state index contributed by atoms with van der Waals surface area (Å²) in [4.78, 5) is 42.5. The van der Waals surface area contributed by atoms with Gasteiger partial charge in [-0.25, -0.2) is 5.10 Å². The van der Waals surface area contributed by atoms with Crippen molar-refractivity contribution < 1.29 is 14.0 Å². The number of carbonyl (C=O) groups is 2. The van der Waals surface area contributed by atoms with Gasteiger partial charge >= 0.3 is 0 Å². The van der Waals surface area contributed by atoms with Gasteiger partial charge in [-0.3, -0.25) is 14.4 Å². The predicted octanol–water partition coefficient (Wildman–Crippen LogP) is 0.564. The lowest BCUT2D eigenvalue weighted by molar-refractivity contribution is -0.137. The summed E-state index contributed by atoms with van der Waals surface area (Å²) in [5, 5.41) is 6.22. The fourth-order valence-corrected chi connectivity index (χ4v) is 3.90. The molecule has 0 bridgehead atoms. The Labute approximate surface area is 161 Å². The summed E-state index contributed by atoms with van der Waals surface area (Å²) in [6, 6.07) is 4.86. The molecule has 0 aliphatic carbocycles. The first-order valence-corrected chi connectivity index (χ1v) is 9.53. The molecule has 2 aromatic rings. The second kappa shape index (κ2) is 7.87. The van der Waals surface area contributed by atoms with Crippen LogP contribution < -0.4 is 10.5 Å². The Morgan fingerprint density at radius 2 is 1.93 bits per heavy atom. The topological polar surface area (TPSA) is 103 Å². The third kappa shape index (κ3) is 3.78.